The zero-order valence-electron chi connectivity index (χ0n) is 13.1. The first-order valence-electron chi connectivity index (χ1n) is 8.17. The third-order valence-electron chi connectivity index (χ3n) is 5.30. The monoisotopic (exact) mass is 322 g/mol. The minimum atomic E-state index is -0.819. The van der Waals surface area contributed by atoms with Crippen LogP contribution < -0.4 is 4.74 Å². The van der Waals surface area contributed by atoms with E-state index in [0.29, 0.717) is 12.2 Å². The van der Waals surface area contributed by atoms with Crippen LogP contribution in [0.1, 0.15) is 19.3 Å². The van der Waals surface area contributed by atoms with E-state index in [9.17, 15) is 14.7 Å². The number of fused-ring (bicyclic) bond motifs is 3. The first-order valence-corrected chi connectivity index (χ1v) is 8.17. The summed E-state index contributed by atoms with van der Waals surface area (Å²) in [5.74, 6) is -0.904. The fourth-order valence-corrected chi connectivity index (χ4v) is 4.18. The van der Waals surface area contributed by atoms with Gasteiger partial charge in [-0.15, -0.1) is 0 Å². The van der Waals surface area contributed by atoms with Gasteiger partial charge in [0.2, 0.25) is 0 Å². The van der Waals surface area contributed by atoms with E-state index in [0.717, 1.165) is 17.2 Å². The molecule has 3 unspecified atom stereocenters. The topological polar surface area (TPSA) is 63.6 Å². The molecule has 2 bridgehead atoms. The molecule has 4 rings (SSSR count). The smallest absolute Gasteiger partial charge is 0.312 e. The number of carbonyl (C=O) groups is 2. The summed E-state index contributed by atoms with van der Waals surface area (Å²) in [7, 11) is 0. The fourth-order valence-electron chi connectivity index (χ4n) is 4.18. The minimum Gasteiger partial charge on any atom is -0.481 e. The molecule has 1 fully saturated rings. The van der Waals surface area contributed by atoms with Crippen molar-refractivity contribution in [2.45, 2.75) is 19.3 Å². The SMILES string of the molecule is O=C(CC12C=CC(CC1C(=O)O)C2)Oc1ccc2ccccc2c1. The molecule has 0 amide bonds. The van der Waals surface area contributed by atoms with Crippen molar-refractivity contribution in [3.8, 4) is 5.75 Å². The molecule has 0 aliphatic heterocycles. The average Bonchev–Trinajstić information content (AvgIpc) is 3.12. The molecule has 2 aliphatic carbocycles. The van der Waals surface area contributed by atoms with Gasteiger partial charge in [0.15, 0.2) is 0 Å². The van der Waals surface area contributed by atoms with E-state index >= 15 is 0 Å². The Balaban J connectivity index is 1.51. The van der Waals surface area contributed by atoms with Gasteiger partial charge in [0, 0.05) is 5.41 Å². The molecule has 122 valence electrons. The Morgan fingerprint density at radius 3 is 2.71 bits per heavy atom. The normalized spacial score (nSPS) is 27.5. The Labute approximate surface area is 139 Å². The van der Waals surface area contributed by atoms with Gasteiger partial charge in [0.1, 0.15) is 5.75 Å². The number of carboxylic acid groups (broad SMARTS) is 1. The fraction of sp³-hybridized carbons (Fsp3) is 0.300. The predicted molar refractivity (Wildman–Crippen MR) is 89.6 cm³/mol. The summed E-state index contributed by atoms with van der Waals surface area (Å²) in [5, 5.41) is 11.5. The van der Waals surface area contributed by atoms with E-state index in [1.807, 2.05) is 48.6 Å². The van der Waals surface area contributed by atoms with Gasteiger partial charge in [0.25, 0.3) is 0 Å². The van der Waals surface area contributed by atoms with Crippen LogP contribution in [0.15, 0.2) is 54.6 Å². The lowest BCUT2D eigenvalue weighted by Crippen LogP contribution is -2.33. The third kappa shape index (κ3) is 2.48. The summed E-state index contributed by atoms with van der Waals surface area (Å²) < 4.78 is 5.49. The van der Waals surface area contributed by atoms with Crippen molar-refractivity contribution in [3.63, 3.8) is 0 Å². The van der Waals surface area contributed by atoms with Gasteiger partial charge in [-0.05, 0) is 41.7 Å². The van der Waals surface area contributed by atoms with E-state index in [2.05, 4.69) is 0 Å². The molecular weight excluding hydrogens is 304 g/mol. The molecule has 2 aromatic rings. The Hall–Kier alpha value is -2.62. The molecule has 4 nitrogen and oxygen atoms in total. The van der Waals surface area contributed by atoms with E-state index in [-0.39, 0.29) is 18.3 Å². The van der Waals surface area contributed by atoms with Crippen molar-refractivity contribution < 1.29 is 19.4 Å². The van der Waals surface area contributed by atoms with Crippen LogP contribution in [0.5, 0.6) is 5.75 Å². The number of benzene rings is 2. The molecular formula is C20H18O4. The number of ether oxygens (including phenoxy) is 1. The molecule has 2 aromatic carbocycles. The van der Waals surface area contributed by atoms with Gasteiger partial charge < -0.3 is 9.84 Å². The van der Waals surface area contributed by atoms with Crippen molar-refractivity contribution in [3.05, 3.63) is 54.6 Å². The highest BCUT2D eigenvalue weighted by Crippen LogP contribution is 2.55. The summed E-state index contributed by atoms with van der Waals surface area (Å²) in [4.78, 5) is 23.9. The summed E-state index contributed by atoms with van der Waals surface area (Å²) >= 11 is 0. The van der Waals surface area contributed by atoms with Crippen molar-refractivity contribution >= 4 is 22.7 Å². The zero-order chi connectivity index (χ0) is 16.7. The molecule has 4 heteroatoms. The van der Waals surface area contributed by atoms with E-state index in [1.165, 1.54) is 0 Å². The molecule has 0 spiro atoms. The maximum atomic E-state index is 12.4. The summed E-state index contributed by atoms with van der Waals surface area (Å²) in [5.41, 5.74) is -0.579. The summed E-state index contributed by atoms with van der Waals surface area (Å²) in [6, 6.07) is 13.4. The van der Waals surface area contributed by atoms with Gasteiger partial charge in [-0.25, -0.2) is 0 Å². The number of carbonyl (C=O) groups excluding carboxylic acids is 1. The third-order valence-corrected chi connectivity index (χ3v) is 5.30. The Morgan fingerprint density at radius 1 is 1.17 bits per heavy atom. The second-order valence-corrected chi connectivity index (χ2v) is 6.84. The van der Waals surface area contributed by atoms with Crippen molar-refractivity contribution in [1.29, 1.82) is 0 Å². The van der Waals surface area contributed by atoms with Crippen LogP contribution in [-0.2, 0) is 9.59 Å². The first-order chi connectivity index (χ1) is 11.6. The predicted octanol–water partition coefficient (Wildman–Crippen LogP) is 3.80. The van der Waals surface area contributed by atoms with Gasteiger partial charge in [-0.2, -0.15) is 0 Å². The average molecular weight is 322 g/mol. The van der Waals surface area contributed by atoms with Crippen molar-refractivity contribution in [2.24, 2.45) is 17.3 Å². The number of allylic oxidation sites excluding steroid dienone is 2. The van der Waals surface area contributed by atoms with Crippen LogP contribution in [0.2, 0.25) is 0 Å². The highest BCUT2D eigenvalue weighted by molar-refractivity contribution is 5.85. The quantitative estimate of drug-likeness (QED) is 0.528. The van der Waals surface area contributed by atoms with Crippen LogP contribution in [0.4, 0.5) is 0 Å². The number of esters is 1. The highest BCUT2D eigenvalue weighted by Gasteiger charge is 2.53. The second-order valence-electron chi connectivity index (χ2n) is 6.84. The molecule has 0 heterocycles. The molecule has 0 saturated heterocycles. The van der Waals surface area contributed by atoms with Gasteiger partial charge in [-0.3, -0.25) is 9.59 Å². The molecule has 0 radical (unpaired) electrons. The second kappa shape index (κ2) is 5.48. The summed E-state index contributed by atoms with van der Waals surface area (Å²) in [6.45, 7) is 0. The van der Waals surface area contributed by atoms with Crippen LogP contribution in [0.25, 0.3) is 10.8 Å². The van der Waals surface area contributed by atoms with Gasteiger partial charge in [0.05, 0.1) is 12.3 Å². The van der Waals surface area contributed by atoms with Gasteiger partial charge in [-0.1, -0.05) is 42.5 Å². The molecule has 1 N–H and O–H groups in total. The molecule has 3 atom stereocenters. The van der Waals surface area contributed by atoms with E-state index in [4.69, 9.17) is 4.74 Å². The van der Waals surface area contributed by atoms with Crippen LogP contribution in [0.3, 0.4) is 0 Å². The highest BCUT2D eigenvalue weighted by atomic mass is 16.5. The number of rotatable bonds is 4. The lowest BCUT2D eigenvalue weighted by Gasteiger charge is -2.28. The first kappa shape index (κ1) is 14.9. The number of hydrogen-bond donors (Lipinski definition) is 1. The lowest BCUT2D eigenvalue weighted by molar-refractivity contribution is -0.146. The Morgan fingerprint density at radius 2 is 1.96 bits per heavy atom. The maximum absolute atomic E-state index is 12.4. The Bertz CT molecular complexity index is 854. The van der Waals surface area contributed by atoms with E-state index in [1.54, 1.807) is 6.07 Å². The Kier molecular flexibility index (Phi) is 3.41. The zero-order valence-corrected chi connectivity index (χ0v) is 13.1. The largest absolute Gasteiger partial charge is 0.481 e. The van der Waals surface area contributed by atoms with Gasteiger partial charge >= 0.3 is 11.9 Å². The molecule has 2 aliphatic rings. The van der Waals surface area contributed by atoms with Crippen molar-refractivity contribution in [2.75, 3.05) is 0 Å². The van der Waals surface area contributed by atoms with E-state index < -0.39 is 17.3 Å². The standard InChI is InChI=1S/C20H18O4/c21-18(12-20-8-7-13(11-20)9-17(20)19(22)23)24-16-6-5-14-3-1-2-4-15(14)10-16/h1-8,10,13,17H,9,11-12H2,(H,22,23). The lowest BCUT2D eigenvalue weighted by atomic mass is 9.75. The molecule has 1 saturated carbocycles. The van der Waals surface area contributed by atoms with Crippen LogP contribution >= 0.6 is 0 Å². The van der Waals surface area contributed by atoms with Crippen molar-refractivity contribution in [1.82, 2.24) is 0 Å². The maximum Gasteiger partial charge on any atom is 0.312 e. The molecule has 0 aromatic heterocycles. The number of aliphatic carboxylic acids is 1. The number of hydrogen-bond acceptors (Lipinski definition) is 3. The summed E-state index contributed by atoms with van der Waals surface area (Å²) in [6.07, 6.45) is 5.43. The van der Waals surface area contributed by atoms with Crippen LogP contribution in [0, 0.1) is 17.3 Å². The minimum absolute atomic E-state index is 0.115. The molecule has 24 heavy (non-hydrogen) atoms. The number of carboxylic acids is 1. The van der Waals surface area contributed by atoms with Crippen LogP contribution in [-0.4, -0.2) is 17.0 Å².